The predicted octanol–water partition coefficient (Wildman–Crippen LogP) is 3.15. The lowest BCUT2D eigenvalue weighted by molar-refractivity contribution is 1.38. The molecule has 0 atom stereocenters. The largest absolute Gasteiger partial charge is 0.254 e. The van der Waals surface area contributed by atoms with Crippen molar-refractivity contribution in [2.45, 2.75) is 0 Å². The highest BCUT2D eigenvalue weighted by Crippen LogP contribution is 2.31. The van der Waals surface area contributed by atoms with Gasteiger partial charge < -0.3 is 0 Å². The highest BCUT2D eigenvalue weighted by Gasteiger charge is 2.09. The second kappa shape index (κ2) is 4.05. The first-order valence-electron chi connectivity index (χ1n) is 5.57. The molecule has 2 heterocycles. The molecule has 0 bridgehead atoms. The van der Waals surface area contributed by atoms with Crippen LogP contribution in [0.15, 0.2) is 42.7 Å². The molecule has 0 radical (unpaired) electrons. The van der Waals surface area contributed by atoms with E-state index < -0.39 is 0 Å². The molecule has 3 rings (SSSR count). The van der Waals surface area contributed by atoms with Gasteiger partial charge in [-0.15, -0.1) is 0 Å². The summed E-state index contributed by atoms with van der Waals surface area (Å²) in [6, 6.07) is 10.5. The van der Waals surface area contributed by atoms with Crippen molar-refractivity contribution < 1.29 is 0 Å². The van der Waals surface area contributed by atoms with E-state index in [2.05, 4.69) is 41.5 Å². The summed E-state index contributed by atoms with van der Waals surface area (Å²) in [5, 5.41) is 3.84. The van der Waals surface area contributed by atoms with Crippen molar-refractivity contribution in [2.75, 3.05) is 13.3 Å². The molecule has 0 saturated carbocycles. The number of pyridine rings is 2. The Morgan fingerprint density at radius 2 is 1.65 bits per heavy atom. The first kappa shape index (κ1) is 10.6. The molecule has 0 saturated heterocycles. The minimum Gasteiger partial charge on any atom is -0.254 e. The number of hydrogen-bond acceptors (Lipinski definition) is 2. The number of hydrogen-bond donors (Lipinski definition) is 0. The molecular weight excluding hydrogens is 227 g/mol. The fourth-order valence-corrected chi connectivity index (χ4v) is 3.19. The Balaban J connectivity index is 2.55. The molecule has 2 aromatic heterocycles. The smallest absolute Gasteiger partial charge is 0.0970 e. The monoisotopic (exact) mass is 240 g/mol. The van der Waals surface area contributed by atoms with Gasteiger partial charge in [0.1, 0.15) is 0 Å². The number of fused-ring (bicyclic) bond motifs is 3. The molecule has 0 aliphatic heterocycles. The number of nitrogens with zero attached hydrogens (tertiary/aromatic N) is 2. The Kier molecular flexibility index (Phi) is 2.53. The van der Waals surface area contributed by atoms with Crippen molar-refractivity contribution in [1.29, 1.82) is 0 Å². The van der Waals surface area contributed by atoms with Gasteiger partial charge in [0.15, 0.2) is 0 Å². The highest BCUT2D eigenvalue weighted by molar-refractivity contribution is 7.64. The van der Waals surface area contributed by atoms with Crippen LogP contribution >= 0.6 is 7.92 Å². The Labute approximate surface area is 101 Å². The van der Waals surface area contributed by atoms with E-state index in [1.54, 1.807) is 0 Å². The van der Waals surface area contributed by atoms with Crippen molar-refractivity contribution in [2.24, 2.45) is 0 Å². The summed E-state index contributed by atoms with van der Waals surface area (Å²) in [4.78, 5) is 8.95. The van der Waals surface area contributed by atoms with E-state index in [0.29, 0.717) is 0 Å². The van der Waals surface area contributed by atoms with Crippen LogP contribution in [0.2, 0.25) is 0 Å². The molecule has 3 heteroatoms. The van der Waals surface area contributed by atoms with Gasteiger partial charge in [0, 0.05) is 23.2 Å². The zero-order valence-corrected chi connectivity index (χ0v) is 10.8. The molecule has 17 heavy (non-hydrogen) atoms. The van der Waals surface area contributed by atoms with Gasteiger partial charge in [-0.1, -0.05) is 20.1 Å². The lowest BCUT2D eigenvalue weighted by Crippen LogP contribution is -2.03. The molecule has 0 amide bonds. The summed E-state index contributed by atoms with van der Waals surface area (Å²) in [5.41, 5.74) is 2.03. The summed E-state index contributed by atoms with van der Waals surface area (Å²) in [5.74, 6) is 0. The van der Waals surface area contributed by atoms with Crippen molar-refractivity contribution in [1.82, 2.24) is 9.97 Å². The molecule has 0 unspecified atom stereocenters. The third-order valence-corrected chi connectivity index (χ3v) is 4.25. The maximum Gasteiger partial charge on any atom is 0.0970 e. The summed E-state index contributed by atoms with van der Waals surface area (Å²) in [6.07, 6.45) is 3.67. The molecule has 84 valence electrons. The molecule has 2 nitrogen and oxygen atoms in total. The van der Waals surface area contributed by atoms with Crippen LogP contribution in [0.3, 0.4) is 0 Å². The van der Waals surface area contributed by atoms with Crippen LogP contribution < -0.4 is 5.30 Å². The molecule has 0 aliphatic rings. The second-order valence-corrected chi connectivity index (χ2v) is 6.54. The lowest BCUT2D eigenvalue weighted by atomic mass is 10.1. The number of benzene rings is 1. The van der Waals surface area contributed by atoms with Crippen molar-refractivity contribution in [3.05, 3.63) is 42.7 Å². The highest BCUT2D eigenvalue weighted by atomic mass is 31.1. The van der Waals surface area contributed by atoms with Crippen LogP contribution in [0, 0.1) is 0 Å². The van der Waals surface area contributed by atoms with Gasteiger partial charge in [0.2, 0.25) is 0 Å². The molecular formula is C14H13N2P. The number of rotatable bonds is 1. The van der Waals surface area contributed by atoms with Crippen LogP contribution in [-0.2, 0) is 0 Å². The van der Waals surface area contributed by atoms with E-state index >= 15 is 0 Å². The Hall–Kier alpha value is -1.53. The fourth-order valence-electron chi connectivity index (χ4n) is 2.13. The first-order chi connectivity index (χ1) is 8.27. The maximum absolute atomic E-state index is 4.50. The Morgan fingerprint density at radius 1 is 0.941 bits per heavy atom. The fraction of sp³-hybridized carbons (Fsp3) is 0.143. The summed E-state index contributed by atoms with van der Waals surface area (Å²) in [6.45, 7) is 4.55. The normalized spacial score (nSPS) is 11.5. The average molecular weight is 240 g/mol. The Bertz CT molecular complexity index is 692. The van der Waals surface area contributed by atoms with Crippen LogP contribution in [0.4, 0.5) is 0 Å². The van der Waals surface area contributed by atoms with Crippen LogP contribution in [0.25, 0.3) is 21.8 Å². The van der Waals surface area contributed by atoms with Gasteiger partial charge in [0.05, 0.1) is 11.0 Å². The molecule has 1 aromatic carbocycles. The zero-order chi connectivity index (χ0) is 11.8. The SMILES string of the molecule is CP(C)c1cc2cccnc2c2ncccc12. The summed E-state index contributed by atoms with van der Waals surface area (Å²) >= 11 is 0. The molecule has 3 aromatic rings. The maximum atomic E-state index is 4.50. The van der Waals surface area contributed by atoms with Gasteiger partial charge >= 0.3 is 0 Å². The minimum atomic E-state index is -0.136. The van der Waals surface area contributed by atoms with Crippen molar-refractivity contribution >= 4 is 35.0 Å². The molecule has 0 aliphatic carbocycles. The van der Waals surface area contributed by atoms with E-state index in [4.69, 9.17) is 0 Å². The topological polar surface area (TPSA) is 25.8 Å². The third kappa shape index (κ3) is 1.69. The second-order valence-electron chi connectivity index (χ2n) is 4.26. The molecule has 0 fully saturated rings. The quantitative estimate of drug-likeness (QED) is 0.482. The van der Waals surface area contributed by atoms with E-state index in [-0.39, 0.29) is 7.92 Å². The lowest BCUT2D eigenvalue weighted by Gasteiger charge is -2.11. The van der Waals surface area contributed by atoms with Gasteiger partial charge in [-0.25, -0.2) is 0 Å². The number of aromatic nitrogens is 2. The average Bonchev–Trinajstić information content (AvgIpc) is 2.37. The van der Waals surface area contributed by atoms with E-state index in [1.165, 1.54) is 16.1 Å². The third-order valence-electron chi connectivity index (χ3n) is 2.92. The molecule has 0 N–H and O–H groups in total. The summed E-state index contributed by atoms with van der Waals surface area (Å²) in [7, 11) is -0.136. The van der Waals surface area contributed by atoms with E-state index in [0.717, 1.165) is 11.0 Å². The van der Waals surface area contributed by atoms with Crippen molar-refractivity contribution in [3.8, 4) is 0 Å². The molecule has 0 spiro atoms. The van der Waals surface area contributed by atoms with Gasteiger partial charge in [-0.3, -0.25) is 9.97 Å². The van der Waals surface area contributed by atoms with Gasteiger partial charge in [-0.2, -0.15) is 0 Å². The van der Waals surface area contributed by atoms with Gasteiger partial charge in [-0.05, 0) is 36.8 Å². The minimum absolute atomic E-state index is 0.136. The summed E-state index contributed by atoms with van der Waals surface area (Å²) < 4.78 is 0. The predicted molar refractivity (Wildman–Crippen MR) is 75.4 cm³/mol. The van der Waals surface area contributed by atoms with E-state index in [9.17, 15) is 0 Å². The van der Waals surface area contributed by atoms with Crippen LogP contribution in [0.1, 0.15) is 0 Å². The standard InChI is InChI=1S/C14H13N2P/c1-17(2)12-9-10-5-3-7-15-13(10)14-11(12)6-4-8-16-14/h3-9H,1-2H3. The van der Waals surface area contributed by atoms with Crippen molar-refractivity contribution in [3.63, 3.8) is 0 Å². The van der Waals surface area contributed by atoms with Crippen LogP contribution in [0.5, 0.6) is 0 Å². The Morgan fingerprint density at radius 3 is 2.41 bits per heavy atom. The van der Waals surface area contributed by atoms with Crippen LogP contribution in [-0.4, -0.2) is 23.3 Å². The van der Waals surface area contributed by atoms with E-state index in [1.807, 2.05) is 24.5 Å². The zero-order valence-electron chi connectivity index (χ0n) is 9.88. The van der Waals surface area contributed by atoms with Gasteiger partial charge in [0.25, 0.3) is 0 Å². The first-order valence-corrected chi connectivity index (χ1v) is 7.81.